The maximum Gasteiger partial charge on any atom is 0.332 e. The summed E-state index contributed by atoms with van der Waals surface area (Å²) >= 11 is 0. The van der Waals surface area contributed by atoms with Crippen LogP contribution in [0.1, 0.15) is 16.7 Å². The van der Waals surface area contributed by atoms with Crippen LogP contribution in [0.3, 0.4) is 0 Å². The van der Waals surface area contributed by atoms with E-state index >= 15 is 0 Å². The zero-order valence-electron chi connectivity index (χ0n) is 13.0. The molecule has 0 bridgehead atoms. The Balaban J connectivity index is 2.19. The number of aromatic nitrogens is 2. The van der Waals surface area contributed by atoms with E-state index in [-0.39, 0.29) is 18.0 Å². The third-order valence-corrected chi connectivity index (χ3v) is 3.69. The molecule has 0 unspecified atom stereocenters. The minimum absolute atomic E-state index is 0.000515. The average molecular weight is 314 g/mol. The van der Waals surface area contributed by atoms with Gasteiger partial charge in [-0.15, -0.1) is 0 Å². The van der Waals surface area contributed by atoms with Crippen molar-refractivity contribution in [3.63, 3.8) is 0 Å². The maximum absolute atomic E-state index is 12.0. The van der Waals surface area contributed by atoms with Gasteiger partial charge in [0.25, 0.3) is 5.56 Å². The van der Waals surface area contributed by atoms with Crippen LogP contribution in [0.2, 0.25) is 0 Å². The van der Waals surface area contributed by atoms with Crippen molar-refractivity contribution in [1.82, 2.24) is 9.13 Å². The lowest BCUT2D eigenvalue weighted by Gasteiger charge is -2.13. The third kappa shape index (κ3) is 3.33. The number of aliphatic hydroxyl groups excluding tert-OH is 1. The fraction of sp³-hybridized carbons (Fsp3) is 0.312. The topological polar surface area (TPSA) is 100 Å². The largest absolute Gasteiger partial charge is 0.392 e. The number of nitrogens with one attached hydrogen (secondary N) is 1. The van der Waals surface area contributed by atoms with E-state index in [4.69, 9.17) is 5.11 Å². The summed E-state index contributed by atoms with van der Waals surface area (Å²) in [5.74, 6) is 0.229. The van der Waals surface area contributed by atoms with Crippen molar-refractivity contribution in [2.45, 2.75) is 13.0 Å². The molecule has 120 valence electrons. The predicted molar refractivity (Wildman–Crippen MR) is 86.2 cm³/mol. The molecule has 1 aromatic carbocycles. The van der Waals surface area contributed by atoms with Crippen LogP contribution in [0.15, 0.2) is 33.9 Å². The van der Waals surface area contributed by atoms with E-state index in [0.29, 0.717) is 13.0 Å². The highest BCUT2D eigenvalue weighted by Crippen LogP contribution is 2.09. The standard InChI is InChI=1S/C16H18N4O3/c1-19-14(13(9-17)15(22)20(2)16(19)23)18-8-7-11-3-5-12(10-21)6-4-11/h3-6,18,21H,7-8,10H2,1-2H3. The number of hydrogen-bond acceptors (Lipinski definition) is 5. The first-order chi connectivity index (χ1) is 11.0. The van der Waals surface area contributed by atoms with Crippen LogP contribution < -0.4 is 16.6 Å². The molecule has 1 aromatic heterocycles. The minimum atomic E-state index is -0.606. The van der Waals surface area contributed by atoms with E-state index in [2.05, 4.69) is 5.32 Å². The van der Waals surface area contributed by atoms with Crippen LogP contribution in [0, 0.1) is 11.3 Å². The molecule has 0 amide bonds. The van der Waals surface area contributed by atoms with Gasteiger partial charge in [-0.2, -0.15) is 5.26 Å². The highest BCUT2D eigenvalue weighted by Gasteiger charge is 2.14. The van der Waals surface area contributed by atoms with Gasteiger partial charge in [-0.25, -0.2) is 4.79 Å². The summed E-state index contributed by atoms with van der Waals surface area (Å²) in [6.07, 6.45) is 0.653. The van der Waals surface area contributed by atoms with Crippen molar-refractivity contribution in [2.24, 2.45) is 14.1 Å². The molecule has 0 fully saturated rings. The molecule has 2 aromatic rings. The Morgan fingerprint density at radius 3 is 2.30 bits per heavy atom. The van der Waals surface area contributed by atoms with E-state index in [9.17, 15) is 14.9 Å². The van der Waals surface area contributed by atoms with Crippen LogP contribution in [0.25, 0.3) is 0 Å². The van der Waals surface area contributed by atoms with E-state index in [1.807, 2.05) is 30.3 Å². The van der Waals surface area contributed by atoms with Crippen LogP contribution in [0.5, 0.6) is 0 Å². The summed E-state index contributed by atoms with van der Waals surface area (Å²) < 4.78 is 2.17. The van der Waals surface area contributed by atoms with Crippen molar-refractivity contribution in [1.29, 1.82) is 5.26 Å². The van der Waals surface area contributed by atoms with Gasteiger partial charge in [0, 0.05) is 20.6 Å². The second-order valence-corrected chi connectivity index (χ2v) is 5.19. The fourth-order valence-corrected chi connectivity index (χ4v) is 2.29. The lowest BCUT2D eigenvalue weighted by atomic mass is 10.1. The number of rotatable bonds is 5. The Morgan fingerprint density at radius 2 is 1.74 bits per heavy atom. The molecule has 7 heteroatoms. The zero-order valence-corrected chi connectivity index (χ0v) is 13.0. The second-order valence-electron chi connectivity index (χ2n) is 5.19. The molecule has 0 aliphatic carbocycles. The van der Waals surface area contributed by atoms with Crippen molar-refractivity contribution in [3.8, 4) is 6.07 Å². The summed E-state index contributed by atoms with van der Waals surface area (Å²) in [6, 6.07) is 9.34. The first kappa shape index (κ1) is 16.5. The zero-order chi connectivity index (χ0) is 17.0. The predicted octanol–water partition coefficient (Wildman–Crippen LogP) is 0.103. The number of aliphatic hydroxyl groups is 1. The lowest BCUT2D eigenvalue weighted by molar-refractivity contribution is 0.282. The Bertz CT molecular complexity index is 857. The van der Waals surface area contributed by atoms with Gasteiger partial charge in [0.1, 0.15) is 11.9 Å². The monoisotopic (exact) mass is 314 g/mol. The number of hydrogen-bond donors (Lipinski definition) is 2. The second kappa shape index (κ2) is 6.94. The SMILES string of the molecule is Cn1c(NCCc2ccc(CO)cc2)c(C#N)c(=O)n(C)c1=O. The number of benzene rings is 1. The first-order valence-electron chi connectivity index (χ1n) is 7.12. The molecule has 7 nitrogen and oxygen atoms in total. The average Bonchev–Trinajstić information content (AvgIpc) is 2.58. The van der Waals surface area contributed by atoms with Crippen molar-refractivity contribution in [3.05, 3.63) is 61.8 Å². The Hall–Kier alpha value is -2.85. The normalized spacial score (nSPS) is 10.3. The molecule has 0 aliphatic rings. The van der Waals surface area contributed by atoms with Crippen LogP contribution in [-0.2, 0) is 27.1 Å². The number of anilines is 1. The summed E-state index contributed by atoms with van der Waals surface area (Å²) in [7, 11) is 2.86. The quantitative estimate of drug-likeness (QED) is 0.815. The van der Waals surface area contributed by atoms with Crippen molar-refractivity contribution < 1.29 is 5.11 Å². The highest BCUT2D eigenvalue weighted by atomic mass is 16.3. The molecular formula is C16H18N4O3. The molecule has 2 N–H and O–H groups in total. The van der Waals surface area contributed by atoms with E-state index in [1.54, 1.807) is 0 Å². The molecule has 0 radical (unpaired) electrons. The van der Waals surface area contributed by atoms with Gasteiger partial charge in [-0.1, -0.05) is 24.3 Å². The molecule has 0 saturated heterocycles. The Morgan fingerprint density at radius 1 is 1.13 bits per heavy atom. The molecule has 23 heavy (non-hydrogen) atoms. The van der Waals surface area contributed by atoms with Crippen molar-refractivity contribution >= 4 is 5.82 Å². The Labute approximate surface area is 133 Å². The summed E-state index contributed by atoms with van der Waals surface area (Å²) in [5.41, 5.74) is 0.712. The highest BCUT2D eigenvalue weighted by molar-refractivity contribution is 5.51. The minimum Gasteiger partial charge on any atom is -0.392 e. The van der Waals surface area contributed by atoms with Crippen LogP contribution in [-0.4, -0.2) is 20.8 Å². The first-order valence-corrected chi connectivity index (χ1v) is 7.12. The molecule has 1 heterocycles. The summed E-state index contributed by atoms with van der Waals surface area (Å²) in [4.78, 5) is 23.9. The van der Waals surface area contributed by atoms with Crippen molar-refractivity contribution in [2.75, 3.05) is 11.9 Å². The molecule has 0 aliphatic heterocycles. The van der Waals surface area contributed by atoms with Gasteiger partial charge >= 0.3 is 5.69 Å². The van der Waals surface area contributed by atoms with E-state index in [0.717, 1.165) is 15.7 Å². The van der Waals surface area contributed by atoms with Gasteiger partial charge in [0.15, 0.2) is 5.56 Å². The third-order valence-electron chi connectivity index (χ3n) is 3.69. The number of nitrogens with zero attached hydrogens (tertiary/aromatic N) is 3. The molecule has 0 spiro atoms. The van der Waals surface area contributed by atoms with Gasteiger partial charge in [-0.05, 0) is 17.5 Å². The van der Waals surface area contributed by atoms with Gasteiger partial charge in [-0.3, -0.25) is 13.9 Å². The van der Waals surface area contributed by atoms with Gasteiger partial charge in [0.05, 0.1) is 6.61 Å². The lowest BCUT2D eigenvalue weighted by Crippen LogP contribution is -2.40. The molecule has 0 atom stereocenters. The molecular weight excluding hydrogens is 296 g/mol. The van der Waals surface area contributed by atoms with E-state index in [1.165, 1.54) is 18.7 Å². The van der Waals surface area contributed by atoms with Gasteiger partial charge < -0.3 is 10.4 Å². The molecule has 2 rings (SSSR count). The maximum atomic E-state index is 12.0. The summed E-state index contributed by atoms with van der Waals surface area (Å²) in [5, 5.41) is 21.2. The Kier molecular flexibility index (Phi) is 4.98. The van der Waals surface area contributed by atoms with Gasteiger partial charge in [0.2, 0.25) is 0 Å². The van der Waals surface area contributed by atoms with E-state index < -0.39 is 11.2 Å². The molecule has 0 saturated carbocycles. The smallest absolute Gasteiger partial charge is 0.332 e. The fourth-order valence-electron chi connectivity index (χ4n) is 2.29. The summed E-state index contributed by atoms with van der Waals surface area (Å²) in [6.45, 7) is 0.465. The van der Waals surface area contributed by atoms with Crippen LogP contribution >= 0.6 is 0 Å². The number of nitriles is 1. The van der Waals surface area contributed by atoms with Crippen LogP contribution in [0.4, 0.5) is 5.82 Å².